The topological polar surface area (TPSA) is 75.9 Å². The Morgan fingerprint density at radius 2 is 1.71 bits per heavy atom. The number of aryl methyl sites for hydroxylation is 1. The Morgan fingerprint density at radius 3 is 2.31 bits per heavy atom. The predicted molar refractivity (Wildman–Crippen MR) is 127 cm³/mol. The highest BCUT2D eigenvalue weighted by molar-refractivity contribution is 5.87. The van der Waals surface area contributed by atoms with Gasteiger partial charge in [-0.15, -0.1) is 0 Å². The summed E-state index contributed by atoms with van der Waals surface area (Å²) in [7, 11) is 1.33. The number of carbonyl (C=O) groups is 2. The molecule has 0 radical (unpaired) electrons. The number of nitrogens with zero attached hydrogens (tertiary/aromatic N) is 2. The van der Waals surface area contributed by atoms with Crippen molar-refractivity contribution >= 4 is 23.3 Å². The van der Waals surface area contributed by atoms with Crippen LogP contribution in [-0.2, 0) is 20.5 Å². The van der Waals surface area contributed by atoms with Crippen LogP contribution in [0.1, 0.15) is 48.4 Å². The lowest BCUT2D eigenvalue weighted by Crippen LogP contribution is -2.48. The number of methoxy groups -OCH3 is 1. The van der Waals surface area contributed by atoms with E-state index in [0.29, 0.717) is 44.5 Å². The molecular weight excluding hydrogens is 459 g/mol. The summed E-state index contributed by atoms with van der Waals surface area (Å²) in [6.45, 7) is 2.96. The van der Waals surface area contributed by atoms with Crippen LogP contribution in [0.3, 0.4) is 0 Å². The van der Waals surface area contributed by atoms with Crippen LogP contribution in [0.4, 0.5) is 24.5 Å². The average Bonchev–Trinajstić information content (AvgIpc) is 3.28. The summed E-state index contributed by atoms with van der Waals surface area (Å²) < 4.78 is 43.9. The number of ether oxygens (including phenoxy) is 1. The second-order valence-electron chi connectivity index (χ2n) is 9.27. The Balaban J connectivity index is 1.51. The minimum Gasteiger partial charge on any atom is -0.467 e. The zero-order valence-electron chi connectivity index (χ0n) is 19.8. The molecule has 6 nitrogen and oxygen atoms in total. The van der Waals surface area contributed by atoms with Gasteiger partial charge in [0, 0.05) is 19.0 Å². The molecule has 2 heterocycles. The highest BCUT2D eigenvalue weighted by Crippen LogP contribution is 2.41. The van der Waals surface area contributed by atoms with E-state index in [-0.39, 0.29) is 23.6 Å². The molecule has 35 heavy (non-hydrogen) atoms. The lowest BCUT2D eigenvalue weighted by molar-refractivity contribution is -0.154. The molecule has 0 bridgehead atoms. The van der Waals surface area contributed by atoms with Gasteiger partial charge < -0.3 is 20.3 Å². The summed E-state index contributed by atoms with van der Waals surface area (Å²) in [5.41, 5.74) is 7.85. The molecule has 4 rings (SSSR count). The molecule has 2 atom stereocenters. The number of anilines is 2. The highest BCUT2D eigenvalue weighted by Gasteiger charge is 2.45. The lowest BCUT2D eigenvalue weighted by atomic mass is 9.92. The number of amides is 1. The summed E-state index contributed by atoms with van der Waals surface area (Å²) >= 11 is 0. The smallest absolute Gasteiger partial charge is 0.416 e. The normalized spacial score (nSPS) is 21.3. The molecule has 2 aliphatic rings. The Labute approximate surface area is 202 Å². The van der Waals surface area contributed by atoms with Gasteiger partial charge in [-0.3, -0.25) is 4.79 Å². The van der Waals surface area contributed by atoms with Gasteiger partial charge in [0.15, 0.2) is 0 Å². The molecule has 9 heteroatoms. The first-order valence-electron chi connectivity index (χ1n) is 11.8. The van der Waals surface area contributed by atoms with Gasteiger partial charge in [0.25, 0.3) is 0 Å². The number of alkyl halides is 3. The van der Waals surface area contributed by atoms with Crippen LogP contribution in [0, 0.1) is 12.8 Å². The first-order chi connectivity index (χ1) is 16.6. The van der Waals surface area contributed by atoms with E-state index in [0.717, 1.165) is 23.3 Å². The van der Waals surface area contributed by atoms with Crippen molar-refractivity contribution in [1.29, 1.82) is 0 Å². The molecule has 2 aromatic rings. The van der Waals surface area contributed by atoms with Crippen LogP contribution in [-0.4, -0.2) is 43.0 Å². The van der Waals surface area contributed by atoms with Crippen molar-refractivity contribution in [2.24, 2.45) is 5.92 Å². The largest absolute Gasteiger partial charge is 0.467 e. The summed E-state index contributed by atoms with van der Waals surface area (Å²) in [5, 5.41) is 0. The summed E-state index contributed by atoms with van der Waals surface area (Å²) in [6, 6.07) is 10.4. The number of nitrogen functional groups attached to an aromatic ring is 1. The summed E-state index contributed by atoms with van der Waals surface area (Å²) in [5.74, 6) is -0.783. The van der Waals surface area contributed by atoms with Crippen LogP contribution in [0.25, 0.3) is 0 Å². The van der Waals surface area contributed by atoms with E-state index in [2.05, 4.69) is 0 Å². The fourth-order valence-corrected chi connectivity index (χ4v) is 5.35. The van der Waals surface area contributed by atoms with Crippen molar-refractivity contribution in [2.45, 2.75) is 50.9 Å². The summed E-state index contributed by atoms with van der Waals surface area (Å²) in [6.07, 6.45) is -2.20. The zero-order chi connectivity index (χ0) is 25.3. The molecule has 2 aliphatic heterocycles. The lowest BCUT2D eigenvalue weighted by Gasteiger charge is -2.38. The van der Waals surface area contributed by atoms with Gasteiger partial charge in [-0.2, -0.15) is 13.2 Å². The number of carbonyl (C=O) groups excluding carboxylic acids is 2. The molecule has 2 saturated heterocycles. The Morgan fingerprint density at radius 1 is 1.03 bits per heavy atom. The third-order valence-corrected chi connectivity index (χ3v) is 7.20. The number of hydrogen-bond acceptors (Lipinski definition) is 5. The number of esters is 1. The first kappa shape index (κ1) is 24.9. The Bertz CT molecular complexity index is 1100. The van der Waals surface area contributed by atoms with E-state index >= 15 is 0 Å². The van der Waals surface area contributed by atoms with Crippen LogP contribution in [0.5, 0.6) is 0 Å². The number of hydrogen-bond donors (Lipinski definition) is 1. The first-order valence-corrected chi connectivity index (χ1v) is 11.8. The van der Waals surface area contributed by atoms with E-state index in [1.165, 1.54) is 13.2 Å². The van der Waals surface area contributed by atoms with Crippen molar-refractivity contribution in [3.05, 3.63) is 59.2 Å². The number of piperidine rings is 1. The van der Waals surface area contributed by atoms with Crippen molar-refractivity contribution in [1.82, 2.24) is 4.90 Å². The Kier molecular flexibility index (Phi) is 6.96. The maximum Gasteiger partial charge on any atom is 0.416 e. The van der Waals surface area contributed by atoms with E-state index in [9.17, 15) is 22.8 Å². The molecule has 188 valence electrons. The maximum absolute atomic E-state index is 13.7. The molecule has 0 unspecified atom stereocenters. The maximum atomic E-state index is 13.7. The van der Waals surface area contributed by atoms with Crippen molar-refractivity contribution in [3.63, 3.8) is 0 Å². The molecule has 2 fully saturated rings. The average molecular weight is 490 g/mol. The van der Waals surface area contributed by atoms with Gasteiger partial charge in [0.1, 0.15) is 6.04 Å². The second-order valence-corrected chi connectivity index (χ2v) is 9.27. The minimum absolute atomic E-state index is 0.0644. The summed E-state index contributed by atoms with van der Waals surface area (Å²) in [4.78, 5) is 29.9. The molecule has 0 spiro atoms. The van der Waals surface area contributed by atoms with Crippen LogP contribution in [0.2, 0.25) is 0 Å². The quantitative estimate of drug-likeness (QED) is 0.497. The molecule has 1 amide bonds. The van der Waals surface area contributed by atoms with Crippen LogP contribution >= 0.6 is 0 Å². The minimum atomic E-state index is -4.45. The number of benzene rings is 2. The highest BCUT2D eigenvalue weighted by atomic mass is 19.4. The molecular formula is C26H30F3N3O3. The fourth-order valence-electron chi connectivity index (χ4n) is 5.35. The third kappa shape index (κ3) is 4.94. The van der Waals surface area contributed by atoms with E-state index < -0.39 is 23.8 Å². The predicted octanol–water partition coefficient (Wildman–Crippen LogP) is 4.72. The van der Waals surface area contributed by atoms with Crippen molar-refractivity contribution in [3.8, 4) is 0 Å². The zero-order valence-corrected chi connectivity index (χ0v) is 19.8. The van der Waals surface area contributed by atoms with Gasteiger partial charge in [0.05, 0.1) is 30.1 Å². The van der Waals surface area contributed by atoms with Crippen molar-refractivity contribution in [2.75, 3.05) is 30.8 Å². The van der Waals surface area contributed by atoms with Crippen LogP contribution in [0.15, 0.2) is 42.5 Å². The van der Waals surface area contributed by atoms with Crippen molar-refractivity contribution < 1.29 is 27.5 Å². The second kappa shape index (κ2) is 9.79. The molecule has 2 aromatic carbocycles. The van der Waals surface area contributed by atoms with Gasteiger partial charge in [0.2, 0.25) is 5.91 Å². The Hall–Kier alpha value is -3.23. The van der Waals surface area contributed by atoms with E-state index in [1.54, 1.807) is 4.90 Å². The number of rotatable bonds is 4. The fraction of sp³-hybridized carbons (Fsp3) is 0.462. The van der Waals surface area contributed by atoms with Crippen LogP contribution < -0.4 is 10.6 Å². The van der Waals surface area contributed by atoms with Gasteiger partial charge in [-0.25, -0.2) is 4.79 Å². The molecule has 0 aliphatic carbocycles. The monoisotopic (exact) mass is 489 g/mol. The molecule has 0 saturated carbocycles. The van der Waals surface area contributed by atoms with Gasteiger partial charge in [-0.05, 0) is 61.9 Å². The number of halogens is 3. The SMILES string of the molecule is COC(=O)[C@@H]1CC[C@H](c2ccccc2C)N1C(=O)C1CCN(c2ccc(C(F)(F)F)cc2N)CC1. The van der Waals surface area contributed by atoms with E-state index in [1.807, 2.05) is 36.1 Å². The third-order valence-electron chi connectivity index (χ3n) is 7.20. The molecule has 2 N–H and O–H groups in total. The molecule has 0 aromatic heterocycles. The number of nitrogens with two attached hydrogens (primary N) is 1. The number of likely N-dealkylation sites (tertiary alicyclic amines) is 1. The van der Waals surface area contributed by atoms with Gasteiger partial charge >= 0.3 is 12.1 Å². The van der Waals surface area contributed by atoms with Gasteiger partial charge in [-0.1, -0.05) is 24.3 Å². The van der Waals surface area contributed by atoms with E-state index in [4.69, 9.17) is 10.5 Å². The standard InChI is InChI=1S/C26H30F3N3O3/c1-16-5-3-4-6-19(16)21-9-10-23(25(34)35-2)32(21)24(33)17-11-13-31(14-12-17)22-8-7-18(15-20(22)30)26(27,28)29/h3-8,15,17,21,23H,9-14,30H2,1-2H3/t21-,23+/m1/s1.